The van der Waals surface area contributed by atoms with Gasteiger partial charge in [-0.1, -0.05) is 35.9 Å². The van der Waals surface area contributed by atoms with Crippen molar-refractivity contribution in [2.45, 2.75) is 17.9 Å². The minimum absolute atomic E-state index is 0.0495. The van der Waals surface area contributed by atoms with Crippen molar-refractivity contribution in [3.63, 3.8) is 0 Å². The van der Waals surface area contributed by atoms with Crippen LogP contribution < -0.4 is 14.8 Å². The van der Waals surface area contributed by atoms with Gasteiger partial charge in [0.2, 0.25) is 21.8 Å². The van der Waals surface area contributed by atoms with Gasteiger partial charge in [-0.3, -0.25) is 4.79 Å². The summed E-state index contributed by atoms with van der Waals surface area (Å²) in [7, 11) is -3.82. The molecule has 0 atom stereocenters. The highest BCUT2D eigenvalue weighted by molar-refractivity contribution is 7.89. The fourth-order valence-electron chi connectivity index (χ4n) is 2.61. The number of hydrogen-bond acceptors (Lipinski definition) is 5. The van der Waals surface area contributed by atoms with Crippen molar-refractivity contribution >= 4 is 27.5 Å². The van der Waals surface area contributed by atoms with Crippen molar-refractivity contribution in [1.82, 2.24) is 15.0 Å². The fourth-order valence-corrected chi connectivity index (χ4v) is 4.16. The summed E-state index contributed by atoms with van der Waals surface area (Å²) in [6.07, 6.45) is 1.44. The molecule has 2 aromatic carbocycles. The van der Waals surface area contributed by atoms with Gasteiger partial charge in [-0.15, -0.1) is 0 Å². The Balaban J connectivity index is 1.53. The van der Waals surface area contributed by atoms with Gasteiger partial charge in [-0.05, 0) is 30.3 Å². The molecule has 1 amide bonds. The molecule has 0 fully saturated rings. The summed E-state index contributed by atoms with van der Waals surface area (Å²) in [6, 6.07) is 15.1. The average molecular weight is 464 g/mol. The number of nitrogens with zero attached hydrogens (tertiary/aromatic N) is 1. The van der Waals surface area contributed by atoms with Gasteiger partial charge in [0.15, 0.2) is 0 Å². The fraction of sp³-hybridized carbons (Fsp3) is 0.143. The summed E-state index contributed by atoms with van der Waals surface area (Å²) in [5, 5.41) is 2.78. The van der Waals surface area contributed by atoms with E-state index >= 15 is 0 Å². The molecular formula is C21H19ClFN3O4S. The van der Waals surface area contributed by atoms with E-state index in [-0.39, 0.29) is 47.0 Å². The zero-order valence-corrected chi connectivity index (χ0v) is 17.8. The zero-order valence-electron chi connectivity index (χ0n) is 16.2. The van der Waals surface area contributed by atoms with Crippen molar-refractivity contribution in [3.05, 3.63) is 83.3 Å². The lowest BCUT2D eigenvalue weighted by Crippen LogP contribution is -2.30. The molecule has 10 heteroatoms. The van der Waals surface area contributed by atoms with E-state index in [1.54, 1.807) is 30.3 Å². The molecule has 0 aliphatic heterocycles. The van der Waals surface area contributed by atoms with E-state index in [0.717, 1.165) is 0 Å². The van der Waals surface area contributed by atoms with E-state index in [4.69, 9.17) is 16.3 Å². The highest BCUT2D eigenvalue weighted by atomic mass is 35.5. The lowest BCUT2D eigenvalue weighted by Gasteiger charge is -2.11. The largest absolute Gasteiger partial charge is 0.439 e. The monoisotopic (exact) mass is 463 g/mol. The van der Waals surface area contributed by atoms with Gasteiger partial charge in [0.05, 0.1) is 5.02 Å². The van der Waals surface area contributed by atoms with Crippen LogP contribution in [0, 0.1) is 5.82 Å². The summed E-state index contributed by atoms with van der Waals surface area (Å²) in [5.74, 6) is -0.307. The maximum atomic E-state index is 13.3. The van der Waals surface area contributed by atoms with Crippen LogP contribution in [-0.2, 0) is 21.4 Å². The van der Waals surface area contributed by atoms with Crippen molar-refractivity contribution in [2.24, 2.45) is 0 Å². The number of rotatable bonds is 9. The number of carbonyl (C=O) groups excluding carboxylic acids is 1. The first-order valence-electron chi connectivity index (χ1n) is 9.23. The Labute approximate surface area is 184 Å². The quantitative estimate of drug-likeness (QED) is 0.505. The first-order valence-corrected chi connectivity index (χ1v) is 11.1. The number of hydrogen-bond donors (Lipinski definition) is 2. The number of carbonyl (C=O) groups is 1. The number of pyridine rings is 1. The van der Waals surface area contributed by atoms with Gasteiger partial charge in [0, 0.05) is 37.3 Å². The standard InChI is InChI=1S/C21H19ClFN3O4S/c22-18-8-1-2-9-19(18)31(28,29)26-12-10-20(27)25-14-15-5-4-11-24-21(15)30-17-7-3-6-16(23)13-17/h1-9,11,13,26H,10,12,14H2,(H,25,27). The van der Waals surface area contributed by atoms with E-state index in [2.05, 4.69) is 15.0 Å². The molecule has 3 aromatic rings. The Bertz CT molecular complexity index is 1170. The van der Waals surface area contributed by atoms with E-state index in [0.29, 0.717) is 5.56 Å². The molecule has 1 heterocycles. The lowest BCUT2D eigenvalue weighted by atomic mass is 10.2. The molecule has 0 saturated carbocycles. The smallest absolute Gasteiger partial charge is 0.242 e. The molecule has 0 aliphatic carbocycles. The number of amides is 1. The maximum Gasteiger partial charge on any atom is 0.242 e. The summed E-state index contributed by atoms with van der Waals surface area (Å²) in [6.45, 7) is 0.00760. The van der Waals surface area contributed by atoms with Crippen LogP contribution in [0.15, 0.2) is 71.8 Å². The van der Waals surface area contributed by atoms with E-state index in [9.17, 15) is 17.6 Å². The molecule has 2 N–H and O–H groups in total. The first kappa shape index (κ1) is 22.7. The third kappa shape index (κ3) is 6.48. The SMILES string of the molecule is O=C(CCNS(=O)(=O)c1ccccc1Cl)NCc1cccnc1Oc1cccc(F)c1. The number of aromatic nitrogens is 1. The van der Waals surface area contributed by atoms with Crippen LogP contribution in [0.25, 0.3) is 0 Å². The molecule has 31 heavy (non-hydrogen) atoms. The molecule has 3 rings (SSSR count). The Morgan fingerprint density at radius 1 is 1.10 bits per heavy atom. The molecule has 0 spiro atoms. The molecule has 0 bridgehead atoms. The van der Waals surface area contributed by atoms with Crippen LogP contribution in [0.3, 0.4) is 0 Å². The lowest BCUT2D eigenvalue weighted by molar-refractivity contribution is -0.121. The van der Waals surface area contributed by atoms with Crippen LogP contribution in [0.1, 0.15) is 12.0 Å². The molecule has 0 saturated heterocycles. The predicted octanol–water partition coefficient (Wildman–Crippen LogP) is 3.65. The summed E-state index contributed by atoms with van der Waals surface area (Å²) >= 11 is 5.91. The second-order valence-electron chi connectivity index (χ2n) is 6.38. The third-order valence-corrected chi connectivity index (χ3v) is 6.07. The molecular weight excluding hydrogens is 445 g/mol. The van der Waals surface area contributed by atoms with E-state index in [1.807, 2.05) is 0 Å². The maximum absolute atomic E-state index is 13.3. The van der Waals surface area contributed by atoms with Gasteiger partial charge < -0.3 is 10.1 Å². The van der Waals surface area contributed by atoms with Crippen LogP contribution in [0.5, 0.6) is 11.6 Å². The number of sulfonamides is 1. The van der Waals surface area contributed by atoms with Gasteiger partial charge in [0.1, 0.15) is 16.5 Å². The first-order chi connectivity index (χ1) is 14.8. The Kier molecular flexibility index (Phi) is 7.56. The van der Waals surface area contributed by atoms with Gasteiger partial charge in [-0.25, -0.2) is 22.5 Å². The van der Waals surface area contributed by atoms with Crippen molar-refractivity contribution in [3.8, 4) is 11.6 Å². The Morgan fingerprint density at radius 3 is 2.68 bits per heavy atom. The number of benzene rings is 2. The predicted molar refractivity (Wildman–Crippen MR) is 114 cm³/mol. The van der Waals surface area contributed by atoms with Crippen molar-refractivity contribution < 1.29 is 22.3 Å². The highest BCUT2D eigenvalue weighted by Gasteiger charge is 2.17. The van der Waals surface area contributed by atoms with E-state index in [1.165, 1.54) is 36.5 Å². The molecule has 1 aromatic heterocycles. The van der Waals surface area contributed by atoms with Crippen LogP contribution in [0.4, 0.5) is 4.39 Å². The minimum Gasteiger partial charge on any atom is -0.439 e. The van der Waals surface area contributed by atoms with Crippen LogP contribution in [0.2, 0.25) is 5.02 Å². The summed E-state index contributed by atoms with van der Waals surface area (Å²) in [4.78, 5) is 16.2. The molecule has 0 radical (unpaired) electrons. The molecule has 162 valence electrons. The Hall–Kier alpha value is -3.01. The number of ether oxygens (including phenoxy) is 1. The second kappa shape index (κ2) is 10.3. The summed E-state index contributed by atoms with van der Waals surface area (Å²) < 4.78 is 45.8. The molecule has 0 unspecified atom stereocenters. The van der Waals surface area contributed by atoms with Gasteiger partial charge >= 0.3 is 0 Å². The normalized spacial score (nSPS) is 11.2. The second-order valence-corrected chi connectivity index (χ2v) is 8.52. The zero-order chi connectivity index (χ0) is 22.3. The van der Waals surface area contributed by atoms with Crippen LogP contribution in [-0.4, -0.2) is 25.9 Å². The van der Waals surface area contributed by atoms with Gasteiger partial charge in [0.25, 0.3) is 0 Å². The number of nitrogens with one attached hydrogen (secondary N) is 2. The van der Waals surface area contributed by atoms with Crippen molar-refractivity contribution in [1.29, 1.82) is 0 Å². The molecule has 0 aliphatic rings. The average Bonchev–Trinajstić information content (AvgIpc) is 2.73. The minimum atomic E-state index is -3.82. The third-order valence-electron chi connectivity index (χ3n) is 4.11. The van der Waals surface area contributed by atoms with Gasteiger partial charge in [-0.2, -0.15) is 0 Å². The number of halogens is 2. The van der Waals surface area contributed by atoms with Crippen molar-refractivity contribution in [2.75, 3.05) is 6.54 Å². The Morgan fingerprint density at radius 2 is 1.90 bits per heavy atom. The van der Waals surface area contributed by atoms with Crippen LogP contribution >= 0.6 is 11.6 Å². The summed E-state index contributed by atoms with van der Waals surface area (Å²) in [5.41, 5.74) is 0.580. The topological polar surface area (TPSA) is 97.4 Å². The van der Waals surface area contributed by atoms with E-state index < -0.39 is 15.8 Å². The highest BCUT2D eigenvalue weighted by Crippen LogP contribution is 2.23. The molecule has 7 nitrogen and oxygen atoms in total.